The van der Waals surface area contributed by atoms with Gasteiger partial charge in [-0.3, -0.25) is 14.2 Å². The Bertz CT molecular complexity index is 957. The number of aromatic nitrogens is 1. The van der Waals surface area contributed by atoms with Crippen LogP contribution in [0.2, 0.25) is 0 Å². The molecule has 0 bridgehead atoms. The van der Waals surface area contributed by atoms with Gasteiger partial charge in [0.2, 0.25) is 0 Å². The number of carbonyl (C=O) groups is 1. The first kappa shape index (κ1) is 18.1. The van der Waals surface area contributed by atoms with Crippen LogP contribution in [0.1, 0.15) is 40.6 Å². The molecule has 1 aromatic carbocycles. The van der Waals surface area contributed by atoms with Gasteiger partial charge in [-0.2, -0.15) is 0 Å². The fourth-order valence-electron chi connectivity index (χ4n) is 2.67. The first-order valence-corrected chi connectivity index (χ1v) is 9.43. The molecular formula is C21H21NO3S. The average molecular weight is 367 g/mol. The minimum atomic E-state index is -0.175. The summed E-state index contributed by atoms with van der Waals surface area (Å²) in [6, 6.07) is 14.9. The Labute approximate surface area is 156 Å². The Morgan fingerprint density at radius 1 is 1.15 bits per heavy atom. The zero-order valence-corrected chi connectivity index (χ0v) is 15.7. The van der Waals surface area contributed by atoms with Crippen molar-refractivity contribution in [2.24, 2.45) is 0 Å². The normalized spacial score (nSPS) is 10.7. The molecule has 0 unspecified atom stereocenters. The van der Waals surface area contributed by atoms with Gasteiger partial charge < -0.3 is 4.74 Å². The van der Waals surface area contributed by atoms with Crippen LogP contribution < -0.4 is 10.3 Å². The zero-order chi connectivity index (χ0) is 18.5. The smallest absolute Gasteiger partial charge is 0.259 e. The lowest BCUT2D eigenvalue weighted by Gasteiger charge is -2.07. The summed E-state index contributed by atoms with van der Waals surface area (Å²) in [6.45, 7) is 4.31. The number of rotatable bonds is 7. The third-order valence-corrected chi connectivity index (χ3v) is 5.29. The third-order valence-electron chi connectivity index (χ3n) is 4.01. The second kappa shape index (κ2) is 8.15. The summed E-state index contributed by atoms with van der Waals surface area (Å²) in [4.78, 5) is 25.4. The molecule has 26 heavy (non-hydrogen) atoms. The van der Waals surface area contributed by atoms with Crippen LogP contribution in [0.4, 0.5) is 0 Å². The van der Waals surface area contributed by atoms with Gasteiger partial charge in [0.05, 0.1) is 4.88 Å². The summed E-state index contributed by atoms with van der Waals surface area (Å²) in [7, 11) is 0. The van der Waals surface area contributed by atoms with Gasteiger partial charge in [0, 0.05) is 18.7 Å². The van der Waals surface area contributed by atoms with Crippen molar-refractivity contribution >= 4 is 17.1 Å². The van der Waals surface area contributed by atoms with Gasteiger partial charge in [0.15, 0.2) is 5.78 Å². The van der Waals surface area contributed by atoms with Crippen LogP contribution in [0.25, 0.3) is 5.00 Å². The van der Waals surface area contributed by atoms with Gasteiger partial charge in [-0.25, -0.2) is 0 Å². The van der Waals surface area contributed by atoms with Crippen LogP contribution in [0.15, 0.2) is 59.5 Å². The van der Waals surface area contributed by atoms with Crippen LogP contribution in [-0.2, 0) is 6.61 Å². The van der Waals surface area contributed by atoms with E-state index in [1.807, 2.05) is 50.2 Å². The summed E-state index contributed by atoms with van der Waals surface area (Å²) in [6.07, 6.45) is 3.04. The molecular weight excluding hydrogens is 346 g/mol. The fourth-order valence-corrected chi connectivity index (χ4v) is 3.80. The molecule has 0 amide bonds. The topological polar surface area (TPSA) is 48.3 Å². The maximum Gasteiger partial charge on any atom is 0.259 e. The molecule has 4 nitrogen and oxygen atoms in total. The Morgan fingerprint density at radius 3 is 2.62 bits per heavy atom. The highest BCUT2D eigenvalue weighted by atomic mass is 32.1. The van der Waals surface area contributed by atoms with Crippen molar-refractivity contribution in [3.8, 4) is 10.8 Å². The molecule has 0 N–H and O–H groups in total. The highest BCUT2D eigenvalue weighted by Gasteiger charge is 2.14. The molecule has 0 aliphatic carbocycles. The lowest BCUT2D eigenvalue weighted by molar-refractivity contribution is 0.0985. The molecule has 2 aromatic heterocycles. The number of aryl methyl sites for hydroxylation is 1. The highest BCUT2D eigenvalue weighted by molar-refractivity contribution is 7.16. The SMILES string of the molecule is CCCC(=O)c1sc(-n2ccc(OCc3ccccc3)cc2=O)cc1C. The van der Waals surface area contributed by atoms with Crippen LogP contribution in [0.5, 0.6) is 5.75 Å². The van der Waals surface area contributed by atoms with Gasteiger partial charge in [0.25, 0.3) is 5.56 Å². The van der Waals surface area contributed by atoms with Crippen molar-refractivity contribution in [1.29, 1.82) is 0 Å². The molecule has 0 spiro atoms. The second-order valence-corrected chi connectivity index (χ2v) is 7.15. The summed E-state index contributed by atoms with van der Waals surface area (Å²) >= 11 is 1.36. The molecule has 3 aromatic rings. The Hall–Kier alpha value is -2.66. The van der Waals surface area contributed by atoms with E-state index in [0.717, 1.165) is 27.4 Å². The van der Waals surface area contributed by atoms with Gasteiger partial charge in [-0.15, -0.1) is 11.3 Å². The molecule has 3 rings (SSSR count). The van der Waals surface area contributed by atoms with Crippen LogP contribution >= 0.6 is 11.3 Å². The number of Topliss-reactive ketones (excluding diaryl/α,β-unsaturated/α-hetero) is 1. The van der Waals surface area contributed by atoms with Crippen molar-refractivity contribution in [3.05, 3.63) is 81.1 Å². The standard InChI is InChI=1S/C21H21NO3S/c1-3-7-18(23)21-15(2)12-20(26-21)22-11-10-17(13-19(22)24)25-14-16-8-5-4-6-9-16/h4-6,8-13H,3,7,14H2,1-2H3. The monoisotopic (exact) mass is 367 g/mol. The molecule has 2 heterocycles. The average Bonchev–Trinajstić information content (AvgIpc) is 3.02. The van der Waals surface area contributed by atoms with E-state index >= 15 is 0 Å². The number of nitrogens with zero attached hydrogens (tertiary/aromatic N) is 1. The molecule has 0 fully saturated rings. The molecule has 0 saturated carbocycles. The predicted octanol–water partition coefficient (Wildman–Crippen LogP) is 4.77. The minimum Gasteiger partial charge on any atom is -0.489 e. The van der Waals surface area contributed by atoms with E-state index in [2.05, 4.69) is 0 Å². The van der Waals surface area contributed by atoms with E-state index in [0.29, 0.717) is 18.8 Å². The van der Waals surface area contributed by atoms with Gasteiger partial charge >= 0.3 is 0 Å². The first-order chi connectivity index (χ1) is 12.6. The number of carbonyl (C=O) groups excluding carboxylic acids is 1. The number of ether oxygens (including phenoxy) is 1. The van der Waals surface area contributed by atoms with Crippen LogP contribution in [0, 0.1) is 6.92 Å². The van der Waals surface area contributed by atoms with E-state index in [1.165, 1.54) is 17.4 Å². The fraction of sp³-hybridized carbons (Fsp3) is 0.238. The largest absolute Gasteiger partial charge is 0.489 e. The quantitative estimate of drug-likeness (QED) is 0.565. The molecule has 0 aliphatic heterocycles. The minimum absolute atomic E-state index is 0.136. The number of thiophene rings is 1. The number of benzene rings is 1. The number of pyridine rings is 1. The van der Waals surface area contributed by atoms with Gasteiger partial charge in [-0.05, 0) is 36.6 Å². The zero-order valence-electron chi connectivity index (χ0n) is 14.9. The van der Waals surface area contributed by atoms with Crippen molar-refractivity contribution < 1.29 is 9.53 Å². The Balaban J connectivity index is 1.79. The summed E-state index contributed by atoms with van der Waals surface area (Å²) < 4.78 is 7.25. The summed E-state index contributed by atoms with van der Waals surface area (Å²) in [5.74, 6) is 0.669. The highest BCUT2D eigenvalue weighted by Crippen LogP contribution is 2.26. The molecule has 5 heteroatoms. The lowest BCUT2D eigenvalue weighted by Crippen LogP contribution is -2.15. The molecule has 134 valence electrons. The van der Waals surface area contributed by atoms with Crippen LogP contribution in [-0.4, -0.2) is 10.4 Å². The molecule has 0 aliphatic rings. The Morgan fingerprint density at radius 2 is 1.92 bits per heavy atom. The number of ketones is 1. The molecule has 0 atom stereocenters. The van der Waals surface area contributed by atoms with Crippen molar-refractivity contribution in [2.75, 3.05) is 0 Å². The Kier molecular flexibility index (Phi) is 5.68. The summed E-state index contributed by atoms with van der Waals surface area (Å²) in [5.41, 5.74) is 1.79. The second-order valence-electron chi connectivity index (χ2n) is 6.11. The van der Waals surface area contributed by atoms with E-state index in [-0.39, 0.29) is 11.3 Å². The van der Waals surface area contributed by atoms with Gasteiger partial charge in [-0.1, -0.05) is 37.3 Å². The first-order valence-electron chi connectivity index (χ1n) is 8.62. The van der Waals surface area contributed by atoms with Gasteiger partial charge in [0.1, 0.15) is 17.4 Å². The molecule has 0 saturated heterocycles. The lowest BCUT2D eigenvalue weighted by atomic mass is 10.1. The maximum atomic E-state index is 12.5. The van der Waals surface area contributed by atoms with Crippen molar-refractivity contribution in [1.82, 2.24) is 4.57 Å². The van der Waals surface area contributed by atoms with E-state index in [1.54, 1.807) is 16.8 Å². The number of hydrogen-bond acceptors (Lipinski definition) is 4. The van der Waals surface area contributed by atoms with E-state index in [9.17, 15) is 9.59 Å². The summed E-state index contributed by atoms with van der Waals surface area (Å²) in [5, 5.41) is 0.751. The van der Waals surface area contributed by atoms with Crippen LogP contribution in [0.3, 0.4) is 0 Å². The number of hydrogen-bond donors (Lipinski definition) is 0. The maximum absolute atomic E-state index is 12.5. The van der Waals surface area contributed by atoms with E-state index < -0.39 is 0 Å². The molecule has 0 radical (unpaired) electrons. The van der Waals surface area contributed by atoms with Crippen molar-refractivity contribution in [3.63, 3.8) is 0 Å². The van der Waals surface area contributed by atoms with Crippen molar-refractivity contribution in [2.45, 2.75) is 33.3 Å². The predicted molar refractivity (Wildman–Crippen MR) is 105 cm³/mol. The third kappa shape index (κ3) is 4.11. The van der Waals surface area contributed by atoms with E-state index in [4.69, 9.17) is 4.74 Å².